The third-order valence-electron chi connectivity index (χ3n) is 2.60. The Morgan fingerprint density at radius 3 is 2.50 bits per heavy atom. The highest BCUT2D eigenvalue weighted by Crippen LogP contribution is 2.08. The highest BCUT2D eigenvalue weighted by molar-refractivity contribution is 7.07. The molecule has 0 saturated heterocycles. The van der Waals surface area contributed by atoms with Gasteiger partial charge in [-0.15, -0.1) is 5.10 Å². The monoisotopic (exact) mass is 270 g/mol. The van der Waals surface area contributed by atoms with E-state index in [1.54, 1.807) is 11.8 Å². The number of rotatable bonds is 6. The molecule has 7 heteroatoms. The molecule has 18 heavy (non-hydrogen) atoms. The lowest BCUT2D eigenvalue weighted by Crippen LogP contribution is -2.34. The zero-order chi connectivity index (χ0) is 13.5. The Morgan fingerprint density at radius 1 is 1.33 bits per heavy atom. The van der Waals surface area contributed by atoms with Gasteiger partial charge < -0.3 is 10.2 Å². The summed E-state index contributed by atoms with van der Waals surface area (Å²) in [5, 5.41) is 6.47. The van der Waals surface area contributed by atoms with Gasteiger partial charge in [0.05, 0.1) is 5.69 Å². The number of hydrogen-bond acceptors (Lipinski definition) is 5. The van der Waals surface area contributed by atoms with Crippen molar-refractivity contribution in [1.82, 2.24) is 19.8 Å². The molecule has 0 radical (unpaired) electrons. The molecule has 1 aromatic heterocycles. The fourth-order valence-electron chi connectivity index (χ4n) is 1.54. The molecule has 0 atom stereocenters. The number of nitrogens with zero attached hydrogens (tertiary/aromatic N) is 3. The van der Waals surface area contributed by atoms with Crippen LogP contribution in [0.5, 0.6) is 0 Å². The molecule has 0 aliphatic rings. The van der Waals surface area contributed by atoms with Gasteiger partial charge in [0.1, 0.15) is 4.88 Å². The molecule has 100 valence electrons. The van der Waals surface area contributed by atoms with Crippen molar-refractivity contribution in [2.45, 2.75) is 27.2 Å². The van der Waals surface area contributed by atoms with Gasteiger partial charge in [-0.25, -0.2) is 0 Å². The fourth-order valence-corrected chi connectivity index (χ4v) is 2.11. The van der Waals surface area contributed by atoms with Crippen LogP contribution < -0.4 is 5.32 Å². The lowest BCUT2D eigenvalue weighted by Gasteiger charge is -2.18. The number of carbonyl (C=O) groups is 2. The molecule has 0 bridgehead atoms. The summed E-state index contributed by atoms with van der Waals surface area (Å²) in [7, 11) is 0. The first-order valence-corrected chi connectivity index (χ1v) is 6.72. The minimum atomic E-state index is -0.213. The van der Waals surface area contributed by atoms with E-state index in [0.29, 0.717) is 36.6 Å². The van der Waals surface area contributed by atoms with Crippen molar-refractivity contribution in [3.05, 3.63) is 10.6 Å². The molecule has 0 saturated carbocycles. The van der Waals surface area contributed by atoms with Crippen LogP contribution in [0.1, 0.15) is 35.6 Å². The van der Waals surface area contributed by atoms with Gasteiger partial charge in [-0.05, 0) is 32.3 Å². The Labute approximate surface area is 111 Å². The number of aryl methyl sites for hydroxylation is 1. The lowest BCUT2D eigenvalue weighted by molar-refractivity contribution is -0.130. The zero-order valence-corrected chi connectivity index (χ0v) is 11.7. The van der Waals surface area contributed by atoms with Gasteiger partial charge in [-0.3, -0.25) is 9.59 Å². The van der Waals surface area contributed by atoms with Crippen LogP contribution in [0.15, 0.2) is 0 Å². The van der Waals surface area contributed by atoms with Crippen LogP contribution in [0.2, 0.25) is 0 Å². The van der Waals surface area contributed by atoms with Crippen molar-refractivity contribution >= 4 is 23.3 Å². The Morgan fingerprint density at radius 2 is 2.00 bits per heavy atom. The molecule has 0 aliphatic heterocycles. The summed E-state index contributed by atoms with van der Waals surface area (Å²) < 4.78 is 3.70. The molecule has 6 nitrogen and oxygen atoms in total. The average molecular weight is 270 g/mol. The lowest BCUT2D eigenvalue weighted by atomic mass is 10.3. The van der Waals surface area contributed by atoms with Gasteiger partial charge in [0, 0.05) is 26.1 Å². The van der Waals surface area contributed by atoms with Crippen molar-refractivity contribution in [2.75, 3.05) is 19.6 Å². The van der Waals surface area contributed by atoms with Crippen LogP contribution >= 0.6 is 11.5 Å². The quantitative estimate of drug-likeness (QED) is 0.831. The second-order valence-corrected chi connectivity index (χ2v) is 4.51. The standard InChI is InChI=1S/C11H18N4O2S/c1-4-15(5-2)9(16)6-7-12-11(17)10-8(3)13-14-18-10/h4-7H2,1-3H3,(H,12,17). The molecule has 0 fully saturated rings. The van der Waals surface area contributed by atoms with E-state index in [1.165, 1.54) is 0 Å². The number of nitrogens with one attached hydrogen (secondary N) is 1. The van der Waals surface area contributed by atoms with E-state index in [4.69, 9.17) is 0 Å². The van der Waals surface area contributed by atoms with Gasteiger partial charge in [0.2, 0.25) is 5.91 Å². The smallest absolute Gasteiger partial charge is 0.264 e. The normalized spacial score (nSPS) is 10.2. The first kappa shape index (κ1) is 14.6. The Balaban J connectivity index is 2.36. The van der Waals surface area contributed by atoms with Crippen molar-refractivity contribution in [3.63, 3.8) is 0 Å². The van der Waals surface area contributed by atoms with E-state index in [9.17, 15) is 9.59 Å². The summed E-state index contributed by atoms with van der Waals surface area (Å²) in [6.07, 6.45) is 0.318. The summed E-state index contributed by atoms with van der Waals surface area (Å²) in [5.74, 6) is -0.158. The predicted octanol–water partition coefficient (Wildman–Crippen LogP) is 0.835. The first-order chi connectivity index (χ1) is 8.60. The van der Waals surface area contributed by atoms with Crippen molar-refractivity contribution in [1.29, 1.82) is 0 Å². The maximum absolute atomic E-state index is 11.7. The number of carbonyl (C=O) groups excluding carboxylic acids is 2. The average Bonchev–Trinajstić information content (AvgIpc) is 2.77. The summed E-state index contributed by atoms with van der Waals surface area (Å²) in [5.41, 5.74) is 0.618. The number of aromatic nitrogens is 2. The van der Waals surface area contributed by atoms with Gasteiger partial charge >= 0.3 is 0 Å². The molecule has 1 N–H and O–H groups in total. The Hall–Kier alpha value is -1.50. The van der Waals surface area contributed by atoms with Gasteiger partial charge in [-0.2, -0.15) is 0 Å². The van der Waals surface area contributed by atoms with E-state index in [1.807, 2.05) is 13.8 Å². The largest absolute Gasteiger partial charge is 0.351 e. The van der Waals surface area contributed by atoms with E-state index in [2.05, 4.69) is 14.9 Å². The molecule has 1 rings (SSSR count). The highest BCUT2D eigenvalue weighted by atomic mass is 32.1. The summed E-state index contributed by atoms with van der Waals surface area (Å²) in [6.45, 7) is 7.34. The molecule has 1 aromatic rings. The Kier molecular flexibility index (Phi) is 5.70. The van der Waals surface area contributed by atoms with Gasteiger partial charge in [-0.1, -0.05) is 4.49 Å². The van der Waals surface area contributed by atoms with Crippen LogP contribution in [0, 0.1) is 6.92 Å². The van der Waals surface area contributed by atoms with Crippen molar-refractivity contribution in [2.24, 2.45) is 0 Å². The summed E-state index contributed by atoms with van der Waals surface area (Å²) in [6, 6.07) is 0. The highest BCUT2D eigenvalue weighted by Gasteiger charge is 2.14. The maximum Gasteiger partial charge on any atom is 0.264 e. The Bertz CT molecular complexity index is 415. The second kappa shape index (κ2) is 7.05. The molecule has 1 heterocycles. The van der Waals surface area contributed by atoms with Crippen molar-refractivity contribution in [3.8, 4) is 0 Å². The van der Waals surface area contributed by atoms with Crippen molar-refractivity contribution < 1.29 is 9.59 Å². The molecular formula is C11H18N4O2S. The van der Waals surface area contributed by atoms with E-state index < -0.39 is 0 Å². The SMILES string of the molecule is CCN(CC)C(=O)CCNC(=O)c1snnc1C. The minimum absolute atomic E-state index is 0.0550. The van der Waals surface area contributed by atoms with Gasteiger partial charge in [0.15, 0.2) is 0 Å². The first-order valence-electron chi connectivity index (χ1n) is 5.95. The van der Waals surface area contributed by atoms with Crippen LogP contribution in [0.4, 0.5) is 0 Å². The molecule has 0 spiro atoms. The van der Waals surface area contributed by atoms with E-state index in [0.717, 1.165) is 11.5 Å². The minimum Gasteiger partial charge on any atom is -0.351 e. The third kappa shape index (κ3) is 3.76. The summed E-state index contributed by atoms with van der Waals surface area (Å²) in [4.78, 5) is 25.7. The van der Waals surface area contributed by atoms with E-state index in [-0.39, 0.29) is 11.8 Å². The van der Waals surface area contributed by atoms with Crippen LogP contribution in [-0.2, 0) is 4.79 Å². The maximum atomic E-state index is 11.7. The summed E-state index contributed by atoms with van der Waals surface area (Å²) >= 11 is 1.06. The topological polar surface area (TPSA) is 75.2 Å². The predicted molar refractivity (Wildman–Crippen MR) is 69.5 cm³/mol. The second-order valence-electron chi connectivity index (χ2n) is 3.76. The van der Waals surface area contributed by atoms with Crippen LogP contribution in [0.3, 0.4) is 0 Å². The molecule has 0 aliphatic carbocycles. The zero-order valence-electron chi connectivity index (χ0n) is 10.9. The van der Waals surface area contributed by atoms with Crippen LogP contribution in [0.25, 0.3) is 0 Å². The fraction of sp³-hybridized carbons (Fsp3) is 0.636. The van der Waals surface area contributed by atoms with Crippen LogP contribution in [-0.4, -0.2) is 45.9 Å². The van der Waals surface area contributed by atoms with Gasteiger partial charge in [0.25, 0.3) is 5.91 Å². The molecule has 0 aromatic carbocycles. The van der Waals surface area contributed by atoms with E-state index >= 15 is 0 Å². The third-order valence-corrected chi connectivity index (χ3v) is 3.43. The number of amides is 2. The molecular weight excluding hydrogens is 252 g/mol. The number of hydrogen-bond donors (Lipinski definition) is 1. The molecule has 2 amide bonds. The molecule has 0 unspecified atom stereocenters.